The lowest BCUT2D eigenvalue weighted by Gasteiger charge is -2.31. The number of amides is 2. The van der Waals surface area contributed by atoms with Gasteiger partial charge in [-0.25, -0.2) is 4.79 Å². The molecular weight excluding hydrogens is 256 g/mol. The van der Waals surface area contributed by atoms with Gasteiger partial charge in [0.15, 0.2) is 0 Å². The van der Waals surface area contributed by atoms with Crippen molar-refractivity contribution in [2.75, 3.05) is 19.6 Å². The van der Waals surface area contributed by atoms with E-state index in [0.29, 0.717) is 25.4 Å². The molecule has 0 bridgehead atoms. The van der Waals surface area contributed by atoms with Crippen molar-refractivity contribution in [1.82, 2.24) is 10.2 Å². The van der Waals surface area contributed by atoms with E-state index < -0.39 is 11.9 Å². The molecule has 0 aromatic rings. The molecule has 0 aromatic heterocycles. The lowest BCUT2D eigenvalue weighted by atomic mass is 9.97. The second-order valence-electron chi connectivity index (χ2n) is 6.65. The highest BCUT2D eigenvalue weighted by molar-refractivity contribution is 5.76. The summed E-state index contributed by atoms with van der Waals surface area (Å²) in [6.45, 7) is 1.83. The van der Waals surface area contributed by atoms with Crippen molar-refractivity contribution in [3.05, 3.63) is 0 Å². The predicted octanol–water partition coefficient (Wildman–Crippen LogP) is 1.93. The first-order valence-corrected chi connectivity index (χ1v) is 7.90. The maximum Gasteiger partial charge on any atom is 0.317 e. The lowest BCUT2D eigenvalue weighted by molar-refractivity contribution is -0.143. The largest absolute Gasteiger partial charge is 0.481 e. The van der Waals surface area contributed by atoms with Gasteiger partial charge in [-0.15, -0.1) is 0 Å². The number of rotatable bonds is 5. The van der Waals surface area contributed by atoms with Gasteiger partial charge >= 0.3 is 12.0 Å². The minimum Gasteiger partial charge on any atom is -0.481 e. The van der Waals surface area contributed by atoms with Crippen LogP contribution in [0.2, 0.25) is 0 Å². The third-order valence-corrected chi connectivity index (χ3v) is 5.00. The number of piperidine rings is 1. The van der Waals surface area contributed by atoms with Crippen LogP contribution in [0.25, 0.3) is 0 Å². The second-order valence-corrected chi connectivity index (χ2v) is 6.65. The summed E-state index contributed by atoms with van der Waals surface area (Å²) >= 11 is 0. The molecule has 0 aromatic carbocycles. The summed E-state index contributed by atoms with van der Waals surface area (Å²) in [5, 5.41) is 12.1. The van der Waals surface area contributed by atoms with Crippen LogP contribution in [-0.4, -0.2) is 41.6 Å². The smallest absolute Gasteiger partial charge is 0.317 e. The van der Waals surface area contributed by atoms with Crippen molar-refractivity contribution in [3.8, 4) is 0 Å². The molecule has 2 N–H and O–H groups in total. The van der Waals surface area contributed by atoms with Crippen LogP contribution < -0.4 is 5.32 Å². The number of carboxylic acids is 1. The zero-order chi connectivity index (χ0) is 14.1. The van der Waals surface area contributed by atoms with Crippen LogP contribution in [0.5, 0.6) is 0 Å². The van der Waals surface area contributed by atoms with Gasteiger partial charge < -0.3 is 15.3 Å². The second kappa shape index (κ2) is 5.62. The lowest BCUT2D eigenvalue weighted by Crippen LogP contribution is -2.48. The van der Waals surface area contributed by atoms with E-state index in [1.807, 2.05) is 0 Å². The Morgan fingerprint density at radius 3 is 2.35 bits per heavy atom. The molecule has 0 radical (unpaired) electrons. The van der Waals surface area contributed by atoms with Crippen molar-refractivity contribution < 1.29 is 14.7 Å². The topological polar surface area (TPSA) is 69.6 Å². The van der Waals surface area contributed by atoms with Crippen molar-refractivity contribution in [2.24, 2.45) is 23.7 Å². The number of urea groups is 1. The highest BCUT2D eigenvalue weighted by Crippen LogP contribution is 2.48. The summed E-state index contributed by atoms with van der Waals surface area (Å²) < 4.78 is 0. The summed E-state index contributed by atoms with van der Waals surface area (Å²) in [6.07, 6.45) is 6.76. The highest BCUT2D eigenvalue weighted by atomic mass is 16.4. The van der Waals surface area contributed by atoms with Gasteiger partial charge in [0, 0.05) is 19.6 Å². The molecule has 2 saturated carbocycles. The molecule has 3 fully saturated rings. The van der Waals surface area contributed by atoms with Gasteiger partial charge in [-0.1, -0.05) is 0 Å². The zero-order valence-corrected chi connectivity index (χ0v) is 11.9. The van der Waals surface area contributed by atoms with Gasteiger partial charge in [-0.3, -0.25) is 4.79 Å². The maximum absolute atomic E-state index is 12.2. The fourth-order valence-corrected chi connectivity index (χ4v) is 3.45. The summed E-state index contributed by atoms with van der Waals surface area (Å²) in [7, 11) is 0. The Morgan fingerprint density at radius 1 is 1.15 bits per heavy atom. The first kappa shape index (κ1) is 13.7. The van der Waals surface area contributed by atoms with E-state index in [-0.39, 0.29) is 6.03 Å². The molecular formula is C15H24N2O3. The molecule has 1 aliphatic heterocycles. The normalized spacial score (nSPS) is 26.6. The Balaban J connectivity index is 1.47. The molecule has 1 saturated heterocycles. The van der Waals surface area contributed by atoms with E-state index in [0.717, 1.165) is 24.8 Å². The molecule has 1 heterocycles. The molecule has 0 spiro atoms. The number of carbonyl (C=O) groups excluding carboxylic acids is 1. The molecule has 112 valence electrons. The van der Waals surface area contributed by atoms with Crippen LogP contribution in [0.4, 0.5) is 4.79 Å². The maximum atomic E-state index is 12.2. The molecule has 20 heavy (non-hydrogen) atoms. The number of hydrogen-bond acceptors (Lipinski definition) is 2. The summed E-state index contributed by atoms with van der Waals surface area (Å²) in [5.41, 5.74) is 0. The fraction of sp³-hybridized carbons (Fsp3) is 0.867. The van der Waals surface area contributed by atoms with E-state index in [9.17, 15) is 9.59 Å². The van der Waals surface area contributed by atoms with Crippen LogP contribution in [-0.2, 0) is 4.79 Å². The van der Waals surface area contributed by atoms with E-state index in [1.165, 1.54) is 25.7 Å². The Bertz CT molecular complexity index is 379. The number of nitrogens with zero attached hydrogens (tertiary/aromatic N) is 1. The number of carbonyl (C=O) groups is 2. The van der Waals surface area contributed by atoms with Gasteiger partial charge in [0.2, 0.25) is 0 Å². The molecule has 2 amide bonds. The minimum atomic E-state index is -0.781. The number of aliphatic carboxylic acids is 1. The van der Waals surface area contributed by atoms with Gasteiger partial charge in [-0.05, 0) is 56.3 Å². The van der Waals surface area contributed by atoms with Crippen molar-refractivity contribution in [2.45, 2.75) is 38.5 Å². The summed E-state index contributed by atoms with van der Waals surface area (Å²) in [6, 6.07) is -0.0674. The van der Waals surface area contributed by atoms with Gasteiger partial charge in [0.25, 0.3) is 0 Å². The van der Waals surface area contributed by atoms with Crippen molar-refractivity contribution >= 4 is 12.0 Å². The SMILES string of the molecule is O=C(O)[C@@H]1CCCN(C(=O)NCC(C2CC2)C2CC2)C1. The third-order valence-electron chi connectivity index (χ3n) is 5.00. The fourth-order valence-electron chi connectivity index (χ4n) is 3.45. The minimum absolute atomic E-state index is 0.0674. The Kier molecular flexibility index (Phi) is 3.85. The Morgan fingerprint density at radius 2 is 1.80 bits per heavy atom. The molecule has 3 rings (SSSR count). The Labute approximate surface area is 119 Å². The number of carboxylic acid groups (broad SMARTS) is 1. The van der Waals surface area contributed by atoms with Crippen LogP contribution >= 0.6 is 0 Å². The average Bonchev–Trinajstić information content (AvgIpc) is 3.32. The monoisotopic (exact) mass is 280 g/mol. The molecule has 1 atom stereocenters. The quantitative estimate of drug-likeness (QED) is 0.808. The molecule has 3 aliphatic rings. The third kappa shape index (κ3) is 3.25. The zero-order valence-electron chi connectivity index (χ0n) is 11.9. The van der Waals surface area contributed by atoms with Gasteiger partial charge in [0.1, 0.15) is 0 Å². The van der Waals surface area contributed by atoms with Crippen LogP contribution in [0.1, 0.15) is 38.5 Å². The predicted molar refractivity (Wildman–Crippen MR) is 74.3 cm³/mol. The van der Waals surface area contributed by atoms with Crippen LogP contribution in [0, 0.1) is 23.7 Å². The van der Waals surface area contributed by atoms with Gasteiger partial charge in [-0.2, -0.15) is 0 Å². The van der Waals surface area contributed by atoms with Gasteiger partial charge in [0.05, 0.1) is 5.92 Å². The first-order chi connectivity index (χ1) is 9.65. The number of nitrogens with one attached hydrogen (secondary N) is 1. The highest BCUT2D eigenvalue weighted by Gasteiger charge is 2.41. The van der Waals surface area contributed by atoms with Crippen molar-refractivity contribution in [3.63, 3.8) is 0 Å². The average molecular weight is 280 g/mol. The number of likely N-dealkylation sites (tertiary alicyclic amines) is 1. The van der Waals surface area contributed by atoms with E-state index >= 15 is 0 Å². The van der Waals surface area contributed by atoms with Crippen LogP contribution in [0.15, 0.2) is 0 Å². The molecule has 5 heteroatoms. The molecule has 2 aliphatic carbocycles. The summed E-state index contributed by atoms with van der Waals surface area (Å²) in [4.78, 5) is 24.9. The standard InChI is InChI=1S/C15H24N2O3/c18-14(19)12-2-1-7-17(9-12)15(20)16-8-13(10-3-4-10)11-5-6-11/h10-13H,1-9H2,(H,16,20)(H,18,19)/t12-/m1/s1. The van der Waals surface area contributed by atoms with Crippen molar-refractivity contribution in [1.29, 1.82) is 0 Å². The van der Waals surface area contributed by atoms with E-state index in [2.05, 4.69) is 5.32 Å². The Hall–Kier alpha value is -1.26. The first-order valence-electron chi connectivity index (χ1n) is 7.90. The molecule has 0 unspecified atom stereocenters. The summed E-state index contributed by atoms with van der Waals surface area (Å²) in [5.74, 6) is 1.15. The van der Waals surface area contributed by atoms with E-state index in [4.69, 9.17) is 5.11 Å². The number of hydrogen-bond donors (Lipinski definition) is 2. The van der Waals surface area contributed by atoms with E-state index in [1.54, 1.807) is 4.90 Å². The molecule has 5 nitrogen and oxygen atoms in total. The van der Waals surface area contributed by atoms with Crippen LogP contribution in [0.3, 0.4) is 0 Å².